The molecule has 1 aromatic carbocycles. The molecule has 1 fully saturated rings. The molecule has 0 nitrogen and oxygen atoms in total. The van der Waals surface area contributed by atoms with Gasteiger partial charge in [0.25, 0.3) is 0 Å². The Morgan fingerprint density at radius 2 is 1.62 bits per heavy atom. The summed E-state index contributed by atoms with van der Waals surface area (Å²) in [4.78, 5) is 0. The molecule has 88 valence electrons. The molecule has 1 atom stereocenters. The molecule has 0 radical (unpaired) electrons. The van der Waals surface area contributed by atoms with Gasteiger partial charge in [0, 0.05) is 5.33 Å². The number of halogens is 1. The van der Waals surface area contributed by atoms with Crippen LogP contribution in [0.5, 0.6) is 0 Å². The predicted octanol–water partition coefficient (Wildman–Crippen LogP) is 4.81. The van der Waals surface area contributed by atoms with Crippen molar-refractivity contribution in [3.63, 3.8) is 0 Å². The Kier molecular flexibility index (Phi) is 3.44. The highest BCUT2D eigenvalue weighted by Crippen LogP contribution is 2.46. The van der Waals surface area contributed by atoms with Gasteiger partial charge < -0.3 is 0 Å². The van der Waals surface area contributed by atoms with E-state index in [1.54, 1.807) is 5.56 Å². The quantitative estimate of drug-likeness (QED) is 0.697. The van der Waals surface area contributed by atoms with Crippen LogP contribution in [0, 0.1) is 33.6 Å². The lowest BCUT2D eigenvalue weighted by molar-refractivity contribution is 0.667. The van der Waals surface area contributed by atoms with Crippen molar-refractivity contribution in [2.45, 2.75) is 46.5 Å². The van der Waals surface area contributed by atoms with Gasteiger partial charge in [0.15, 0.2) is 0 Å². The first-order chi connectivity index (χ1) is 7.56. The van der Waals surface area contributed by atoms with Crippen LogP contribution in [0.25, 0.3) is 0 Å². The van der Waals surface area contributed by atoms with Gasteiger partial charge in [-0.25, -0.2) is 0 Å². The first kappa shape index (κ1) is 12.2. The maximum absolute atomic E-state index is 3.71. The minimum Gasteiger partial charge on any atom is -0.0921 e. The van der Waals surface area contributed by atoms with Crippen LogP contribution in [0.15, 0.2) is 6.07 Å². The van der Waals surface area contributed by atoms with Gasteiger partial charge in [-0.1, -0.05) is 22.0 Å². The molecule has 0 aromatic heterocycles. The zero-order valence-corrected chi connectivity index (χ0v) is 12.3. The third-order valence-electron chi connectivity index (χ3n) is 4.15. The van der Waals surface area contributed by atoms with Gasteiger partial charge >= 0.3 is 0 Å². The Balaban J connectivity index is 2.52. The summed E-state index contributed by atoms with van der Waals surface area (Å²) in [6, 6.07) is 2.33. The van der Waals surface area contributed by atoms with Crippen molar-refractivity contribution in [2.75, 3.05) is 5.33 Å². The van der Waals surface area contributed by atoms with Gasteiger partial charge in [0.2, 0.25) is 0 Å². The average molecular weight is 281 g/mol. The number of aryl methyl sites for hydroxylation is 2. The molecule has 2 rings (SSSR count). The van der Waals surface area contributed by atoms with Gasteiger partial charge in [0.1, 0.15) is 0 Å². The minimum absolute atomic E-state index is 0.735. The van der Waals surface area contributed by atoms with Gasteiger partial charge in [-0.3, -0.25) is 0 Å². The van der Waals surface area contributed by atoms with E-state index in [1.165, 1.54) is 35.1 Å². The lowest BCUT2D eigenvalue weighted by Gasteiger charge is -2.22. The highest BCUT2D eigenvalue weighted by molar-refractivity contribution is 9.09. The number of rotatable bonds is 3. The summed E-state index contributed by atoms with van der Waals surface area (Å²) in [5, 5.41) is 1.11. The molecule has 0 amide bonds. The predicted molar refractivity (Wildman–Crippen MR) is 74.6 cm³/mol. The van der Waals surface area contributed by atoms with E-state index >= 15 is 0 Å². The second-order valence-electron chi connectivity index (χ2n) is 5.27. The second kappa shape index (κ2) is 4.52. The second-order valence-corrected chi connectivity index (χ2v) is 5.92. The zero-order chi connectivity index (χ0) is 11.9. The summed E-state index contributed by atoms with van der Waals surface area (Å²) >= 11 is 3.71. The molecule has 1 aliphatic rings. The average Bonchev–Trinajstić information content (AvgIpc) is 3.05. The maximum atomic E-state index is 3.71. The third-order valence-corrected chi connectivity index (χ3v) is 4.85. The van der Waals surface area contributed by atoms with Crippen LogP contribution in [-0.4, -0.2) is 5.33 Å². The molecule has 16 heavy (non-hydrogen) atoms. The lowest BCUT2D eigenvalue weighted by Crippen LogP contribution is -2.09. The molecule has 0 aliphatic heterocycles. The van der Waals surface area contributed by atoms with E-state index in [4.69, 9.17) is 0 Å². The Hall–Kier alpha value is -0.300. The van der Waals surface area contributed by atoms with Crippen molar-refractivity contribution < 1.29 is 0 Å². The standard InChI is InChI=1S/C15H21Br/c1-9-7-10(2)12(4)15(11(9)3)14(8-16)13-5-6-13/h7,13-14H,5-6,8H2,1-4H3. The molecule has 0 N–H and O–H groups in total. The Morgan fingerprint density at radius 3 is 2.00 bits per heavy atom. The van der Waals surface area contributed by atoms with E-state index in [2.05, 4.69) is 49.7 Å². The molecule has 0 saturated heterocycles. The van der Waals surface area contributed by atoms with Crippen LogP contribution in [0.4, 0.5) is 0 Å². The number of hydrogen-bond acceptors (Lipinski definition) is 0. The van der Waals surface area contributed by atoms with Crippen LogP contribution in [0.2, 0.25) is 0 Å². The number of hydrogen-bond donors (Lipinski definition) is 0. The van der Waals surface area contributed by atoms with Crippen LogP contribution in [0.3, 0.4) is 0 Å². The van der Waals surface area contributed by atoms with Crippen molar-refractivity contribution in [3.8, 4) is 0 Å². The van der Waals surface area contributed by atoms with Crippen molar-refractivity contribution in [1.82, 2.24) is 0 Å². The van der Waals surface area contributed by atoms with Gasteiger partial charge in [-0.05, 0) is 80.2 Å². The SMILES string of the molecule is Cc1cc(C)c(C)c(C(CBr)C2CC2)c1C. The molecule has 0 bridgehead atoms. The first-order valence-electron chi connectivity index (χ1n) is 6.19. The molecular formula is C15H21Br. The van der Waals surface area contributed by atoms with E-state index in [-0.39, 0.29) is 0 Å². The van der Waals surface area contributed by atoms with E-state index in [0.29, 0.717) is 0 Å². The van der Waals surface area contributed by atoms with Crippen molar-refractivity contribution in [2.24, 2.45) is 5.92 Å². The van der Waals surface area contributed by atoms with Crippen LogP contribution in [0.1, 0.15) is 46.6 Å². The third kappa shape index (κ3) is 2.07. The van der Waals surface area contributed by atoms with E-state index in [0.717, 1.165) is 17.2 Å². The summed E-state index contributed by atoms with van der Waals surface area (Å²) in [7, 11) is 0. The summed E-state index contributed by atoms with van der Waals surface area (Å²) in [6.07, 6.45) is 2.84. The molecule has 1 saturated carbocycles. The van der Waals surface area contributed by atoms with Crippen LogP contribution < -0.4 is 0 Å². The monoisotopic (exact) mass is 280 g/mol. The smallest absolute Gasteiger partial charge is 0.0103 e. The highest BCUT2D eigenvalue weighted by Gasteiger charge is 2.33. The van der Waals surface area contributed by atoms with Crippen LogP contribution in [-0.2, 0) is 0 Å². The Morgan fingerprint density at radius 1 is 1.12 bits per heavy atom. The molecule has 1 aromatic rings. The summed E-state index contributed by atoms with van der Waals surface area (Å²) in [6.45, 7) is 9.05. The number of alkyl halides is 1. The molecule has 1 aliphatic carbocycles. The number of benzene rings is 1. The van der Waals surface area contributed by atoms with E-state index in [9.17, 15) is 0 Å². The van der Waals surface area contributed by atoms with Gasteiger partial charge in [0.05, 0.1) is 0 Å². The van der Waals surface area contributed by atoms with Gasteiger partial charge in [-0.15, -0.1) is 0 Å². The van der Waals surface area contributed by atoms with Crippen molar-refractivity contribution in [3.05, 3.63) is 33.9 Å². The maximum Gasteiger partial charge on any atom is 0.0103 e. The lowest BCUT2D eigenvalue weighted by atomic mass is 9.84. The summed E-state index contributed by atoms with van der Waals surface area (Å²) in [5.74, 6) is 1.66. The van der Waals surface area contributed by atoms with Crippen molar-refractivity contribution in [1.29, 1.82) is 0 Å². The van der Waals surface area contributed by atoms with Crippen molar-refractivity contribution >= 4 is 15.9 Å². The zero-order valence-electron chi connectivity index (χ0n) is 10.7. The van der Waals surface area contributed by atoms with E-state index < -0.39 is 0 Å². The summed E-state index contributed by atoms with van der Waals surface area (Å²) in [5.41, 5.74) is 7.55. The fraction of sp³-hybridized carbons (Fsp3) is 0.600. The first-order valence-corrected chi connectivity index (χ1v) is 7.31. The van der Waals surface area contributed by atoms with E-state index in [1.807, 2.05) is 0 Å². The highest BCUT2D eigenvalue weighted by atomic mass is 79.9. The largest absolute Gasteiger partial charge is 0.0921 e. The summed E-state index contributed by atoms with van der Waals surface area (Å²) < 4.78 is 0. The molecule has 1 unspecified atom stereocenters. The molecular weight excluding hydrogens is 260 g/mol. The topological polar surface area (TPSA) is 0 Å². The Bertz CT molecular complexity index is 376. The molecule has 0 heterocycles. The fourth-order valence-electron chi connectivity index (χ4n) is 2.74. The molecule has 1 heteroatoms. The van der Waals surface area contributed by atoms with Gasteiger partial charge in [-0.2, -0.15) is 0 Å². The van der Waals surface area contributed by atoms with Crippen LogP contribution >= 0.6 is 15.9 Å². The normalized spacial score (nSPS) is 17.6. The minimum atomic E-state index is 0.735. The molecule has 0 spiro atoms. The Labute approximate surface area is 108 Å². The fourth-order valence-corrected chi connectivity index (χ4v) is 3.59.